The predicted octanol–water partition coefficient (Wildman–Crippen LogP) is 8.95. The van der Waals surface area contributed by atoms with Gasteiger partial charge in [-0.25, -0.2) is 0 Å². The monoisotopic (exact) mass is 570 g/mol. The number of hydrogen-bond acceptors (Lipinski definition) is 0. The summed E-state index contributed by atoms with van der Waals surface area (Å²) in [5.41, 5.74) is 13.2. The minimum absolute atomic E-state index is 0.250. The number of benzene rings is 1. The maximum absolute atomic E-state index is 3.10. The van der Waals surface area contributed by atoms with Crippen LogP contribution in [0.5, 0.6) is 0 Å². The SMILES string of the molecule is CC1=C(C)[C](C)([Hf]([CH3])([CH3])[C]2(CC(C)(C)C)C=Cc3cc4c(cc32)CCC4)C(C)=C1C. The van der Waals surface area contributed by atoms with Crippen LogP contribution in [0.3, 0.4) is 0 Å². The van der Waals surface area contributed by atoms with Gasteiger partial charge in [-0.15, -0.1) is 0 Å². The van der Waals surface area contributed by atoms with Crippen LogP contribution in [0.2, 0.25) is 12.5 Å². The fourth-order valence-electron chi connectivity index (χ4n) is 7.22. The molecule has 0 nitrogen and oxygen atoms in total. The molecule has 3 aliphatic carbocycles. The quantitative estimate of drug-likeness (QED) is 0.319. The number of hydrogen-bond donors (Lipinski definition) is 0. The first kappa shape index (κ1) is 22.5. The predicted molar refractivity (Wildman–Crippen MR) is 130 cm³/mol. The number of fused-ring (bicyclic) bond motifs is 2. The first-order chi connectivity index (χ1) is 13.8. The van der Waals surface area contributed by atoms with Gasteiger partial charge in [-0.2, -0.15) is 0 Å². The van der Waals surface area contributed by atoms with E-state index in [1.54, 1.807) is 39.0 Å². The Morgan fingerprint density at radius 1 is 0.900 bits per heavy atom. The zero-order valence-corrected chi connectivity index (χ0v) is 24.7. The molecule has 1 aromatic carbocycles. The van der Waals surface area contributed by atoms with Crippen LogP contribution in [0.25, 0.3) is 6.08 Å². The van der Waals surface area contributed by atoms with E-state index in [0.29, 0.717) is 5.41 Å². The molecule has 30 heavy (non-hydrogen) atoms. The van der Waals surface area contributed by atoms with Crippen molar-refractivity contribution in [3.63, 3.8) is 0 Å². The van der Waals surface area contributed by atoms with Crippen LogP contribution in [0.1, 0.15) is 90.5 Å². The topological polar surface area (TPSA) is 0 Å². The van der Waals surface area contributed by atoms with E-state index in [1.807, 2.05) is 0 Å². The maximum atomic E-state index is 2.78. The van der Waals surface area contributed by atoms with E-state index in [1.165, 1.54) is 31.2 Å². The molecule has 0 aliphatic heterocycles. The Hall–Kier alpha value is -0.690. The first-order valence-corrected chi connectivity index (χ1v) is 22.8. The Morgan fingerprint density at radius 2 is 1.43 bits per heavy atom. The molecule has 0 N–H and O–H groups in total. The van der Waals surface area contributed by atoms with Crippen molar-refractivity contribution in [3.8, 4) is 0 Å². The summed E-state index contributed by atoms with van der Waals surface area (Å²) in [5.74, 6) is 0. The van der Waals surface area contributed by atoms with Crippen molar-refractivity contribution in [2.75, 3.05) is 0 Å². The van der Waals surface area contributed by atoms with E-state index >= 15 is 0 Å². The second-order valence-electron chi connectivity index (χ2n) is 12.4. The fraction of sp³-hybridized carbons (Fsp3) is 0.586. The zero-order chi connectivity index (χ0) is 22.3. The van der Waals surface area contributed by atoms with Crippen molar-refractivity contribution in [1.82, 2.24) is 0 Å². The molecule has 1 aromatic rings. The Balaban J connectivity index is 1.99. The first-order valence-electron chi connectivity index (χ1n) is 12.0. The van der Waals surface area contributed by atoms with Crippen molar-refractivity contribution in [1.29, 1.82) is 0 Å². The molecule has 0 saturated carbocycles. The van der Waals surface area contributed by atoms with Crippen LogP contribution >= 0.6 is 0 Å². The molecular formula is C29H42Hf. The molecule has 0 spiro atoms. The van der Waals surface area contributed by atoms with E-state index in [0.717, 1.165) is 0 Å². The molecule has 162 valence electrons. The van der Waals surface area contributed by atoms with Gasteiger partial charge >= 0.3 is 191 Å². The van der Waals surface area contributed by atoms with Gasteiger partial charge in [0.2, 0.25) is 0 Å². The molecule has 0 fully saturated rings. The second-order valence-corrected chi connectivity index (χ2v) is 30.8. The molecule has 0 amide bonds. The Bertz CT molecular complexity index is 982. The molecule has 0 heterocycles. The van der Waals surface area contributed by atoms with E-state index in [9.17, 15) is 0 Å². The third-order valence-electron chi connectivity index (χ3n) is 9.65. The third kappa shape index (κ3) is 2.86. The zero-order valence-electron chi connectivity index (χ0n) is 21.1. The molecular weight excluding hydrogens is 527 g/mol. The van der Waals surface area contributed by atoms with Crippen molar-refractivity contribution < 1.29 is 20.0 Å². The number of allylic oxidation sites excluding steroid dienone is 5. The van der Waals surface area contributed by atoms with Gasteiger partial charge < -0.3 is 0 Å². The van der Waals surface area contributed by atoms with Crippen LogP contribution in [0.4, 0.5) is 0 Å². The molecule has 4 rings (SSSR count). The molecule has 1 atom stereocenters. The summed E-state index contributed by atoms with van der Waals surface area (Å²) in [5, 5.41) is 0. The summed E-state index contributed by atoms with van der Waals surface area (Å²) in [4.78, 5) is 0. The van der Waals surface area contributed by atoms with Crippen molar-refractivity contribution >= 4 is 6.08 Å². The van der Waals surface area contributed by atoms with Crippen molar-refractivity contribution in [3.05, 3.63) is 62.8 Å². The standard InChI is InChI=1S/C17H21.C10H15.2CH3.Hf/c1-17(2,3)11-15-8-7-14-9-12-5-4-6-13(12)10-16(14)15;1-6-7(2)9(4)10(5)8(6)3;;;/h7-10H,4-6,11H2,1-3H3;1-5H3;2*1H3;. The van der Waals surface area contributed by atoms with Gasteiger partial charge in [0.05, 0.1) is 0 Å². The molecule has 0 radical (unpaired) electrons. The normalized spacial score (nSPS) is 25.4. The van der Waals surface area contributed by atoms with Crippen LogP contribution < -0.4 is 0 Å². The van der Waals surface area contributed by atoms with Gasteiger partial charge in [0, 0.05) is 0 Å². The van der Waals surface area contributed by atoms with Gasteiger partial charge in [-0.05, 0) is 0 Å². The minimum atomic E-state index is -3.10. The average Bonchev–Trinajstić information content (AvgIpc) is 3.30. The van der Waals surface area contributed by atoms with Gasteiger partial charge in [0.15, 0.2) is 0 Å². The van der Waals surface area contributed by atoms with Gasteiger partial charge in [-0.3, -0.25) is 0 Å². The molecule has 0 aromatic heterocycles. The van der Waals surface area contributed by atoms with Crippen LogP contribution in [0, 0.1) is 5.41 Å². The van der Waals surface area contributed by atoms with E-state index in [-0.39, 0.29) is 6.34 Å². The van der Waals surface area contributed by atoms with E-state index < -0.39 is 20.0 Å². The van der Waals surface area contributed by atoms with Crippen LogP contribution in [0.15, 0.2) is 40.5 Å². The molecule has 0 bridgehead atoms. The average molecular weight is 569 g/mol. The molecule has 1 unspecified atom stereocenters. The summed E-state index contributed by atoms with van der Waals surface area (Å²) in [6, 6.07) is 5.22. The van der Waals surface area contributed by atoms with Gasteiger partial charge in [0.25, 0.3) is 0 Å². The Labute approximate surface area is 190 Å². The summed E-state index contributed by atoms with van der Waals surface area (Å²) in [6.07, 6.45) is 10.4. The fourth-order valence-corrected chi connectivity index (χ4v) is 27.0. The van der Waals surface area contributed by atoms with Crippen LogP contribution in [-0.2, 0) is 36.0 Å². The van der Waals surface area contributed by atoms with Gasteiger partial charge in [0.1, 0.15) is 0 Å². The second kappa shape index (κ2) is 6.90. The number of aryl methyl sites for hydroxylation is 2. The van der Waals surface area contributed by atoms with E-state index in [4.69, 9.17) is 0 Å². The third-order valence-corrected chi connectivity index (χ3v) is 31.5. The Morgan fingerprint density at radius 3 is 1.97 bits per heavy atom. The van der Waals surface area contributed by atoms with Crippen LogP contribution in [-0.4, -0.2) is 0 Å². The Kier molecular flexibility index (Phi) is 5.18. The summed E-state index contributed by atoms with van der Waals surface area (Å²) in [7, 11) is 0. The number of rotatable bonds is 3. The van der Waals surface area contributed by atoms with E-state index in [2.05, 4.69) is 89.0 Å². The van der Waals surface area contributed by atoms with Gasteiger partial charge in [-0.1, -0.05) is 0 Å². The van der Waals surface area contributed by atoms with Crippen molar-refractivity contribution in [2.45, 2.75) is 96.8 Å². The summed E-state index contributed by atoms with van der Waals surface area (Å²) < 4.78 is 6.09. The summed E-state index contributed by atoms with van der Waals surface area (Å²) in [6.45, 7) is 19.6. The summed E-state index contributed by atoms with van der Waals surface area (Å²) >= 11 is -3.10. The molecule has 0 saturated heterocycles. The van der Waals surface area contributed by atoms with Crippen molar-refractivity contribution in [2.24, 2.45) is 5.41 Å². The molecule has 3 aliphatic rings. The molecule has 1 heteroatoms.